The third-order valence-electron chi connectivity index (χ3n) is 1.17. The van der Waals surface area contributed by atoms with Gasteiger partial charge < -0.3 is 14.0 Å². The topological polar surface area (TPSA) is 38.7 Å². The Hall–Kier alpha value is 0.0969. The van der Waals surface area contributed by atoms with Gasteiger partial charge in [0.2, 0.25) is 0 Å². The lowest BCUT2D eigenvalue weighted by Gasteiger charge is -2.20. The number of rotatable bonds is 4. The first kappa shape index (κ1) is 9.10. The summed E-state index contributed by atoms with van der Waals surface area (Å²) >= 11 is 0. The molecule has 0 aromatic rings. The quantitative estimate of drug-likeness (QED) is 0.585. The maximum Gasteiger partial charge on any atom is 0.361 e. The van der Waals surface area contributed by atoms with E-state index in [0.717, 1.165) is 0 Å². The Balaban J connectivity index is 3.62. The minimum atomic E-state index is -2.14. The second-order valence-corrected chi connectivity index (χ2v) is 5.21. The molecule has 0 heterocycles. The highest BCUT2D eigenvalue weighted by atomic mass is 28.4. The largest absolute Gasteiger partial charge is 0.396 e. The van der Waals surface area contributed by atoms with Crippen LogP contribution in [0.4, 0.5) is 0 Å². The molecule has 1 N–H and O–H groups in total. The average Bonchev–Trinajstić information content (AvgIpc) is 1.89. The molecule has 9 heavy (non-hydrogen) atoms. The molecule has 56 valence electrons. The molecule has 0 aliphatic heterocycles. The fourth-order valence-corrected chi connectivity index (χ4v) is 1.42. The third-order valence-corrected chi connectivity index (χ3v) is 3.51. The molecular weight excluding hydrogens is 136 g/mol. The van der Waals surface area contributed by atoms with Gasteiger partial charge in [-0.05, 0) is 13.5 Å². The minimum Gasteiger partial charge on any atom is -0.396 e. The van der Waals surface area contributed by atoms with Crippen LogP contribution in [-0.2, 0) is 8.85 Å². The van der Waals surface area contributed by atoms with Crippen LogP contribution in [0.3, 0.4) is 0 Å². The molecule has 0 rings (SSSR count). The van der Waals surface area contributed by atoms with Crippen molar-refractivity contribution in [3.05, 3.63) is 0 Å². The fraction of sp³-hybridized carbons (Fsp3) is 1.00. The number of aliphatic hydroxyl groups excluding tert-OH is 1. The van der Waals surface area contributed by atoms with Crippen molar-refractivity contribution in [2.75, 3.05) is 19.9 Å². The number of aliphatic hydroxyl groups is 1. The van der Waals surface area contributed by atoms with Crippen molar-refractivity contribution in [2.24, 2.45) is 0 Å². The second-order valence-electron chi connectivity index (χ2n) is 1.93. The van der Waals surface area contributed by atoms with Gasteiger partial charge in [0.25, 0.3) is 0 Å². The van der Waals surface area contributed by atoms with E-state index in [9.17, 15) is 0 Å². The molecule has 0 aromatic carbocycles. The molecule has 0 saturated carbocycles. The number of hydrogen-bond donors (Lipinski definition) is 1. The first-order valence-electron chi connectivity index (χ1n) is 2.98. The van der Waals surface area contributed by atoms with E-state index in [4.69, 9.17) is 14.0 Å². The van der Waals surface area contributed by atoms with Crippen molar-refractivity contribution in [2.45, 2.75) is 13.5 Å². The molecule has 1 unspecified atom stereocenters. The summed E-state index contributed by atoms with van der Waals surface area (Å²) in [6.07, 6.45) is 0.0251. The number of hydrogen-bond acceptors (Lipinski definition) is 3. The van der Waals surface area contributed by atoms with Crippen molar-refractivity contribution in [3.8, 4) is 0 Å². The summed E-state index contributed by atoms with van der Waals surface area (Å²) in [5.41, 5.74) is 0. The highest BCUT2D eigenvalue weighted by molar-refractivity contribution is 6.65. The SMILES string of the molecule is CCO[Si](C)(CO)OC. The molecule has 0 radical (unpaired) electrons. The van der Waals surface area contributed by atoms with Gasteiger partial charge in [-0.15, -0.1) is 0 Å². The van der Waals surface area contributed by atoms with E-state index in [1.165, 1.54) is 0 Å². The molecular formula is C5H14O3Si. The standard InChI is InChI=1S/C5H14O3Si/c1-4-8-9(3,5-6)7-2/h6H,4-5H2,1-3H3. The van der Waals surface area contributed by atoms with Crippen molar-refractivity contribution >= 4 is 8.56 Å². The van der Waals surface area contributed by atoms with Gasteiger partial charge in [0, 0.05) is 13.7 Å². The summed E-state index contributed by atoms with van der Waals surface area (Å²) in [5.74, 6) is 0. The van der Waals surface area contributed by atoms with Crippen LogP contribution in [0.15, 0.2) is 0 Å². The molecule has 1 atom stereocenters. The molecule has 4 heteroatoms. The van der Waals surface area contributed by atoms with Crippen LogP contribution in [0.1, 0.15) is 6.92 Å². The molecule has 3 nitrogen and oxygen atoms in total. The Bertz CT molecular complexity index is 72.6. The lowest BCUT2D eigenvalue weighted by molar-refractivity contribution is 0.179. The maximum atomic E-state index is 8.73. The van der Waals surface area contributed by atoms with Crippen LogP contribution in [0, 0.1) is 0 Å². The van der Waals surface area contributed by atoms with Crippen LogP contribution in [0.2, 0.25) is 6.55 Å². The van der Waals surface area contributed by atoms with Crippen LogP contribution >= 0.6 is 0 Å². The summed E-state index contributed by atoms with van der Waals surface area (Å²) in [5, 5.41) is 8.73. The second kappa shape index (κ2) is 4.00. The van der Waals surface area contributed by atoms with Crippen molar-refractivity contribution in [3.63, 3.8) is 0 Å². The molecule has 0 bridgehead atoms. The van der Waals surface area contributed by atoms with E-state index in [-0.39, 0.29) is 6.23 Å². The van der Waals surface area contributed by atoms with E-state index < -0.39 is 8.56 Å². The van der Waals surface area contributed by atoms with Crippen LogP contribution in [0.5, 0.6) is 0 Å². The lowest BCUT2D eigenvalue weighted by atomic mass is 10.9. The van der Waals surface area contributed by atoms with Gasteiger partial charge in [-0.3, -0.25) is 0 Å². The van der Waals surface area contributed by atoms with E-state index in [0.29, 0.717) is 6.61 Å². The van der Waals surface area contributed by atoms with Crippen LogP contribution in [0.25, 0.3) is 0 Å². The molecule has 0 fully saturated rings. The van der Waals surface area contributed by atoms with Gasteiger partial charge in [-0.2, -0.15) is 0 Å². The zero-order valence-electron chi connectivity index (χ0n) is 6.18. The van der Waals surface area contributed by atoms with Gasteiger partial charge >= 0.3 is 8.56 Å². The smallest absolute Gasteiger partial charge is 0.361 e. The lowest BCUT2D eigenvalue weighted by Crippen LogP contribution is -2.42. The zero-order chi connectivity index (χ0) is 7.33. The Morgan fingerprint density at radius 3 is 2.22 bits per heavy atom. The van der Waals surface area contributed by atoms with E-state index in [1.54, 1.807) is 7.11 Å². The summed E-state index contributed by atoms with van der Waals surface area (Å²) in [6.45, 7) is 4.33. The Morgan fingerprint density at radius 1 is 1.56 bits per heavy atom. The molecule has 0 aliphatic carbocycles. The average molecular weight is 150 g/mol. The minimum absolute atomic E-state index is 0.0251. The van der Waals surface area contributed by atoms with Gasteiger partial charge in [-0.25, -0.2) is 0 Å². The molecule has 0 spiro atoms. The van der Waals surface area contributed by atoms with Crippen LogP contribution < -0.4 is 0 Å². The Kier molecular flexibility index (Phi) is 4.04. The monoisotopic (exact) mass is 150 g/mol. The predicted molar refractivity (Wildman–Crippen MR) is 37.3 cm³/mol. The van der Waals surface area contributed by atoms with E-state index in [1.807, 2.05) is 13.5 Å². The Morgan fingerprint density at radius 2 is 2.11 bits per heavy atom. The van der Waals surface area contributed by atoms with Gasteiger partial charge in [-0.1, -0.05) is 0 Å². The van der Waals surface area contributed by atoms with Gasteiger partial charge in [0.05, 0.1) is 6.23 Å². The highest BCUT2D eigenvalue weighted by Gasteiger charge is 2.28. The maximum absolute atomic E-state index is 8.73. The van der Waals surface area contributed by atoms with Crippen molar-refractivity contribution < 1.29 is 14.0 Å². The predicted octanol–water partition coefficient (Wildman–Crippen LogP) is 0.273. The summed E-state index contributed by atoms with van der Waals surface area (Å²) in [4.78, 5) is 0. The van der Waals surface area contributed by atoms with E-state index in [2.05, 4.69) is 0 Å². The fourth-order valence-electron chi connectivity index (χ4n) is 0.474. The van der Waals surface area contributed by atoms with E-state index >= 15 is 0 Å². The first-order chi connectivity index (χ1) is 4.18. The summed E-state index contributed by atoms with van der Waals surface area (Å²) in [6, 6.07) is 0. The summed E-state index contributed by atoms with van der Waals surface area (Å²) < 4.78 is 10.2. The Labute approximate surface area is 56.8 Å². The van der Waals surface area contributed by atoms with Crippen molar-refractivity contribution in [1.82, 2.24) is 0 Å². The van der Waals surface area contributed by atoms with Gasteiger partial charge in [0.1, 0.15) is 0 Å². The zero-order valence-corrected chi connectivity index (χ0v) is 7.18. The van der Waals surface area contributed by atoms with Crippen LogP contribution in [-0.4, -0.2) is 33.6 Å². The molecule has 0 aliphatic rings. The van der Waals surface area contributed by atoms with Crippen molar-refractivity contribution in [1.29, 1.82) is 0 Å². The van der Waals surface area contributed by atoms with Gasteiger partial charge in [0.15, 0.2) is 0 Å². The molecule has 0 saturated heterocycles. The normalized spacial score (nSPS) is 17.3. The third kappa shape index (κ3) is 2.95. The highest BCUT2D eigenvalue weighted by Crippen LogP contribution is 2.02. The molecule has 0 aromatic heterocycles. The first-order valence-corrected chi connectivity index (χ1v) is 5.51. The molecule has 0 amide bonds. The summed E-state index contributed by atoms with van der Waals surface area (Å²) in [7, 11) is -0.574.